The molecule has 4 heteroatoms. The second kappa shape index (κ2) is 6.05. The van der Waals surface area contributed by atoms with Crippen LogP contribution in [0.1, 0.15) is 44.8 Å². The van der Waals surface area contributed by atoms with E-state index in [1.165, 1.54) is 0 Å². The highest BCUT2D eigenvalue weighted by Gasteiger charge is 2.21. The monoisotopic (exact) mass is 246 g/mol. The largest absolute Gasteiger partial charge is 0.388 e. The summed E-state index contributed by atoms with van der Waals surface area (Å²) in [6.45, 7) is 3.95. The molecule has 1 unspecified atom stereocenters. The molecule has 0 bridgehead atoms. The van der Waals surface area contributed by atoms with Crippen LogP contribution in [0.2, 0.25) is 0 Å². The van der Waals surface area contributed by atoms with Crippen molar-refractivity contribution in [3.63, 3.8) is 0 Å². The third-order valence-corrected chi connectivity index (χ3v) is 3.14. The predicted molar refractivity (Wildman–Crippen MR) is 60.0 cm³/mol. The highest BCUT2D eigenvalue weighted by molar-refractivity contribution is 5.22. The van der Waals surface area contributed by atoms with Crippen molar-refractivity contribution in [2.75, 3.05) is 0 Å². The van der Waals surface area contributed by atoms with Crippen LogP contribution >= 0.6 is 0 Å². The van der Waals surface area contributed by atoms with Crippen LogP contribution in [0.15, 0.2) is 12.1 Å². The van der Waals surface area contributed by atoms with Gasteiger partial charge in [0.25, 0.3) is 0 Å². The van der Waals surface area contributed by atoms with E-state index in [2.05, 4.69) is 0 Å². The first kappa shape index (κ1) is 14.0. The molecule has 1 atom stereocenters. The molecule has 0 heterocycles. The first-order valence-electron chi connectivity index (χ1n) is 5.82. The van der Waals surface area contributed by atoms with Crippen LogP contribution in [-0.2, 0) is 0 Å². The van der Waals surface area contributed by atoms with Crippen LogP contribution in [0.25, 0.3) is 0 Å². The summed E-state index contributed by atoms with van der Waals surface area (Å²) < 4.78 is 39.1. The first-order valence-corrected chi connectivity index (χ1v) is 5.82. The molecule has 0 saturated heterocycles. The minimum absolute atomic E-state index is 0.171. The SMILES string of the molecule is CCC(CC)CC(O)c1ccc(F)c(F)c1F. The van der Waals surface area contributed by atoms with E-state index in [1.54, 1.807) is 0 Å². The molecule has 0 amide bonds. The molecule has 0 radical (unpaired) electrons. The maximum Gasteiger partial charge on any atom is 0.194 e. The molecule has 0 aliphatic carbocycles. The summed E-state index contributed by atoms with van der Waals surface area (Å²) in [7, 11) is 0. The average Bonchev–Trinajstić information content (AvgIpc) is 2.32. The number of hydrogen-bond donors (Lipinski definition) is 1. The first-order chi connectivity index (χ1) is 8.01. The Balaban J connectivity index is 2.89. The molecule has 0 aliphatic heterocycles. The summed E-state index contributed by atoms with van der Waals surface area (Å²) in [5.41, 5.74) is -0.171. The zero-order chi connectivity index (χ0) is 13.0. The molecule has 1 aromatic carbocycles. The minimum Gasteiger partial charge on any atom is -0.388 e. The van der Waals surface area contributed by atoms with Crippen molar-refractivity contribution in [3.05, 3.63) is 35.1 Å². The Labute approximate surface area is 99.3 Å². The number of aliphatic hydroxyl groups excluding tert-OH is 1. The van der Waals surface area contributed by atoms with E-state index in [1.807, 2.05) is 13.8 Å². The average molecular weight is 246 g/mol. The number of halogens is 3. The Morgan fingerprint density at radius 3 is 2.18 bits per heavy atom. The molecule has 17 heavy (non-hydrogen) atoms. The van der Waals surface area contributed by atoms with Gasteiger partial charge >= 0.3 is 0 Å². The number of rotatable bonds is 5. The van der Waals surface area contributed by atoms with Gasteiger partial charge in [-0.1, -0.05) is 32.8 Å². The van der Waals surface area contributed by atoms with Gasteiger partial charge in [-0.3, -0.25) is 0 Å². The van der Waals surface area contributed by atoms with E-state index in [-0.39, 0.29) is 11.5 Å². The Hall–Kier alpha value is -1.03. The molecule has 1 rings (SSSR count). The Morgan fingerprint density at radius 1 is 1.06 bits per heavy atom. The van der Waals surface area contributed by atoms with Crippen molar-refractivity contribution in [2.45, 2.75) is 39.2 Å². The van der Waals surface area contributed by atoms with Crippen LogP contribution < -0.4 is 0 Å². The zero-order valence-electron chi connectivity index (χ0n) is 10.0. The Kier molecular flexibility index (Phi) is 5.00. The van der Waals surface area contributed by atoms with Gasteiger partial charge in [0.15, 0.2) is 17.5 Å². The molecular weight excluding hydrogens is 229 g/mol. The fourth-order valence-electron chi connectivity index (χ4n) is 1.86. The number of aliphatic hydroxyl groups is 1. The molecule has 1 aromatic rings. The van der Waals surface area contributed by atoms with E-state index < -0.39 is 23.6 Å². The number of hydrogen-bond acceptors (Lipinski definition) is 1. The maximum absolute atomic E-state index is 13.4. The summed E-state index contributed by atoms with van der Waals surface area (Å²) >= 11 is 0. The van der Waals surface area contributed by atoms with Gasteiger partial charge in [0, 0.05) is 5.56 Å². The fourth-order valence-corrected chi connectivity index (χ4v) is 1.86. The van der Waals surface area contributed by atoms with E-state index in [4.69, 9.17) is 0 Å². The predicted octanol–water partition coefficient (Wildman–Crippen LogP) is 3.96. The van der Waals surface area contributed by atoms with Crippen molar-refractivity contribution < 1.29 is 18.3 Å². The van der Waals surface area contributed by atoms with Crippen molar-refractivity contribution in [1.82, 2.24) is 0 Å². The van der Waals surface area contributed by atoms with Crippen LogP contribution in [0.4, 0.5) is 13.2 Å². The van der Waals surface area contributed by atoms with E-state index in [0.717, 1.165) is 25.0 Å². The molecule has 0 aliphatic rings. The lowest BCUT2D eigenvalue weighted by molar-refractivity contribution is 0.136. The van der Waals surface area contributed by atoms with Gasteiger partial charge in [0.2, 0.25) is 0 Å². The standard InChI is InChI=1S/C13H17F3O/c1-3-8(4-2)7-11(17)9-5-6-10(14)13(16)12(9)15/h5-6,8,11,17H,3-4,7H2,1-2H3. The van der Waals surface area contributed by atoms with E-state index in [9.17, 15) is 18.3 Å². The highest BCUT2D eigenvalue weighted by Crippen LogP contribution is 2.28. The van der Waals surface area contributed by atoms with Gasteiger partial charge in [0.05, 0.1) is 6.10 Å². The molecule has 1 N–H and O–H groups in total. The topological polar surface area (TPSA) is 20.2 Å². The summed E-state index contributed by atoms with van der Waals surface area (Å²) in [6, 6.07) is 1.94. The lowest BCUT2D eigenvalue weighted by Gasteiger charge is -2.18. The van der Waals surface area contributed by atoms with Gasteiger partial charge < -0.3 is 5.11 Å². The molecule has 1 nitrogen and oxygen atoms in total. The zero-order valence-corrected chi connectivity index (χ0v) is 10.0. The third-order valence-electron chi connectivity index (χ3n) is 3.14. The van der Waals surface area contributed by atoms with Gasteiger partial charge in [-0.15, -0.1) is 0 Å². The van der Waals surface area contributed by atoms with Crippen LogP contribution in [-0.4, -0.2) is 5.11 Å². The normalized spacial score (nSPS) is 13.1. The smallest absolute Gasteiger partial charge is 0.194 e. The van der Waals surface area contributed by atoms with Gasteiger partial charge in [-0.2, -0.15) is 0 Å². The highest BCUT2D eigenvalue weighted by atomic mass is 19.2. The van der Waals surface area contributed by atoms with Crippen molar-refractivity contribution in [1.29, 1.82) is 0 Å². The molecular formula is C13H17F3O. The van der Waals surface area contributed by atoms with Crippen LogP contribution in [0.5, 0.6) is 0 Å². The second-order valence-electron chi connectivity index (χ2n) is 4.20. The Bertz CT molecular complexity index is 375. The second-order valence-corrected chi connectivity index (χ2v) is 4.20. The molecule has 96 valence electrons. The summed E-state index contributed by atoms with van der Waals surface area (Å²) in [6.07, 6.45) is 0.988. The van der Waals surface area contributed by atoms with Crippen molar-refractivity contribution >= 4 is 0 Å². The van der Waals surface area contributed by atoms with Gasteiger partial charge in [-0.25, -0.2) is 13.2 Å². The third kappa shape index (κ3) is 3.22. The minimum atomic E-state index is -1.52. The van der Waals surface area contributed by atoms with Crippen LogP contribution in [0.3, 0.4) is 0 Å². The van der Waals surface area contributed by atoms with Crippen molar-refractivity contribution in [3.8, 4) is 0 Å². The van der Waals surface area contributed by atoms with Crippen molar-refractivity contribution in [2.24, 2.45) is 5.92 Å². The van der Waals surface area contributed by atoms with Crippen LogP contribution in [0, 0.1) is 23.4 Å². The Morgan fingerprint density at radius 2 is 1.65 bits per heavy atom. The summed E-state index contributed by atoms with van der Waals surface area (Å²) in [5.74, 6) is -3.80. The van der Waals surface area contributed by atoms with E-state index in [0.29, 0.717) is 6.42 Å². The lowest BCUT2D eigenvalue weighted by Crippen LogP contribution is -2.09. The summed E-state index contributed by atoms with van der Waals surface area (Å²) in [5, 5.41) is 9.82. The lowest BCUT2D eigenvalue weighted by atomic mass is 9.92. The van der Waals surface area contributed by atoms with Gasteiger partial charge in [-0.05, 0) is 18.4 Å². The van der Waals surface area contributed by atoms with Gasteiger partial charge in [0.1, 0.15) is 0 Å². The maximum atomic E-state index is 13.4. The molecule has 0 spiro atoms. The quantitative estimate of drug-likeness (QED) is 0.779. The molecule has 0 saturated carbocycles. The molecule has 0 fully saturated rings. The molecule has 0 aromatic heterocycles. The number of benzene rings is 1. The summed E-state index contributed by atoms with van der Waals surface area (Å²) in [4.78, 5) is 0. The van der Waals surface area contributed by atoms with E-state index >= 15 is 0 Å². The fraction of sp³-hybridized carbons (Fsp3) is 0.538.